The molecule has 1 spiro atoms. The van der Waals surface area contributed by atoms with Crippen molar-refractivity contribution in [3.63, 3.8) is 0 Å². The molecule has 0 N–H and O–H groups in total. The van der Waals surface area contributed by atoms with E-state index in [1.807, 2.05) is 35.2 Å². The zero-order valence-corrected chi connectivity index (χ0v) is 26.3. The second-order valence-corrected chi connectivity index (χ2v) is 12.3. The minimum Gasteiger partial charge on any atom is -0.338 e. The van der Waals surface area contributed by atoms with Crippen LogP contribution in [0.5, 0.6) is 0 Å². The maximum absolute atomic E-state index is 13.5. The van der Waals surface area contributed by atoms with Crippen molar-refractivity contribution >= 4 is 52.6 Å². The second kappa shape index (κ2) is 13.7. The number of piperidine rings is 1. The average molecular weight is 660 g/mol. The molecule has 1 aromatic heterocycles. The molecule has 2 unspecified atom stereocenters. The van der Waals surface area contributed by atoms with Gasteiger partial charge in [-0.1, -0.05) is 64.5 Å². The Morgan fingerprint density at radius 3 is 2.24 bits per heavy atom. The van der Waals surface area contributed by atoms with Crippen molar-refractivity contribution < 1.29 is 9.59 Å². The van der Waals surface area contributed by atoms with E-state index in [0.29, 0.717) is 36.5 Å². The van der Waals surface area contributed by atoms with Crippen LogP contribution in [0.4, 0.5) is 0 Å². The van der Waals surface area contributed by atoms with Crippen LogP contribution in [0, 0.1) is 11.3 Å². The number of hydrogen-bond donors (Lipinski definition) is 0. The fourth-order valence-corrected chi connectivity index (χ4v) is 7.03. The van der Waals surface area contributed by atoms with Gasteiger partial charge in [0, 0.05) is 49.3 Å². The first-order valence-electron chi connectivity index (χ1n) is 14.0. The Morgan fingerprint density at radius 2 is 1.56 bits per heavy atom. The quantitative estimate of drug-likeness (QED) is 0.323. The maximum Gasteiger partial charge on any atom is 0.272 e. The van der Waals surface area contributed by atoms with Gasteiger partial charge in [0.05, 0.1) is 5.41 Å². The van der Waals surface area contributed by atoms with Crippen LogP contribution >= 0.6 is 40.7 Å². The molecular weight excluding hydrogens is 623 g/mol. The normalized spacial score (nSPS) is 21.9. The third kappa shape index (κ3) is 6.80. The van der Waals surface area contributed by atoms with Crippen LogP contribution in [0.2, 0.25) is 0 Å². The van der Waals surface area contributed by atoms with Gasteiger partial charge in [-0.3, -0.25) is 14.6 Å². The average Bonchev–Trinajstić information content (AvgIpc) is 3.53. The molecule has 6 nitrogen and oxygen atoms in total. The molecule has 0 saturated carbocycles. The third-order valence-electron chi connectivity index (χ3n) is 9.03. The fraction of sp³-hybridized carbons (Fsp3) is 0.406. The van der Waals surface area contributed by atoms with Crippen LogP contribution in [-0.2, 0) is 11.3 Å². The van der Waals surface area contributed by atoms with E-state index in [2.05, 4.69) is 67.1 Å². The Kier molecular flexibility index (Phi) is 10.5. The van der Waals surface area contributed by atoms with Crippen molar-refractivity contribution in [3.8, 4) is 0 Å². The lowest BCUT2D eigenvalue weighted by Crippen LogP contribution is -2.46. The number of carbonyl (C=O) groups is 2. The van der Waals surface area contributed by atoms with Gasteiger partial charge in [-0.2, -0.15) is 0 Å². The summed E-state index contributed by atoms with van der Waals surface area (Å²) < 4.78 is 1.06. The van der Waals surface area contributed by atoms with E-state index in [1.165, 1.54) is 11.1 Å². The molecule has 41 heavy (non-hydrogen) atoms. The Morgan fingerprint density at radius 1 is 0.878 bits per heavy atom. The van der Waals surface area contributed by atoms with Gasteiger partial charge in [0.15, 0.2) is 0 Å². The third-order valence-corrected chi connectivity index (χ3v) is 9.56. The lowest BCUT2D eigenvalue weighted by Gasteiger charge is -2.39. The number of amides is 2. The number of likely N-dealkylation sites (tertiary alicyclic amines) is 3. The van der Waals surface area contributed by atoms with Crippen LogP contribution in [0.3, 0.4) is 0 Å². The summed E-state index contributed by atoms with van der Waals surface area (Å²) in [5.74, 6) is 0.992. The Labute approximate surface area is 263 Å². The van der Waals surface area contributed by atoms with Gasteiger partial charge < -0.3 is 14.7 Å². The van der Waals surface area contributed by atoms with Crippen molar-refractivity contribution in [1.29, 1.82) is 0 Å². The van der Waals surface area contributed by atoms with E-state index in [1.54, 1.807) is 12.3 Å². The highest BCUT2D eigenvalue weighted by molar-refractivity contribution is 9.10. The zero-order chi connectivity index (χ0) is 26.8. The summed E-state index contributed by atoms with van der Waals surface area (Å²) in [7, 11) is 0. The lowest BCUT2D eigenvalue weighted by molar-refractivity contribution is -0.139. The zero-order valence-electron chi connectivity index (χ0n) is 23.0. The fourth-order valence-electron chi connectivity index (χ4n) is 6.76. The number of pyridine rings is 1. The molecule has 4 heterocycles. The summed E-state index contributed by atoms with van der Waals surface area (Å²) in [4.78, 5) is 37.7. The standard InChI is InChI=1S/C32H35BrN4O2.2ClH/c33-27-11-9-24(10-12-27)20-36-19-15-32(31(36)39)13-17-35(18-14-32)21-26-22-37(30(38)29-8-4-5-16-34-29)23-28(26)25-6-2-1-3-7-25;;/h1-12,16,26,28H,13-15,17-23H2;2*1H. The number of benzene rings is 2. The summed E-state index contributed by atoms with van der Waals surface area (Å²) in [5, 5.41) is 0. The largest absolute Gasteiger partial charge is 0.338 e. The smallest absolute Gasteiger partial charge is 0.272 e. The van der Waals surface area contributed by atoms with Gasteiger partial charge in [0.2, 0.25) is 5.91 Å². The molecule has 2 aromatic carbocycles. The van der Waals surface area contributed by atoms with Crippen molar-refractivity contribution in [2.45, 2.75) is 31.7 Å². The SMILES string of the molecule is Cl.Cl.O=C(c1ccccn1)N1CC(CN2CCC3(CC2)CCN(Cc2ccc(Br)cc2)C3=O)C(c2ccccc2)C1. The highest BCUT2D eigenvalue weighted by Crippen LogP contribution is 2.43. The molecular formula is C32H37BrCl2N4O2. The molecule has 0 radical (unpaired) electrons. The maximum atomic E-state index is 13.5. The summed E-state index contributed by atoms with van der Waals surface area (Å²) in [6, 6.07) is 24.4. The first-order valence-corrected chi connectivity index (χ1v) is 14.8. The summed E-state index contributed by atoms with van der Waals surface area (Å²) >= 11 is 3.49. The highest BCUT2D eigenvalue weighted by atomic mass is 79.9. The Hall–Kier alpha value is -2.45. The molecule has 6 rings (SSSR count). The van der Waals surface area contributed by atoms with E-state index in [-0.39, 0.29) is 36.1 Å². The number of hydrogen-bond acceptors (Lipinski definition) is 4. The van der Waals surface area contributed by atoms with Crippen molar-refractivity contribution in [3.05, 3.63) is 100 Å². The highest BCUT2D eigenvalue weighted by Gasteiger charge is 2.48. The van der Waals surface area contributed by atoms with Crippen LogP contribution in [0.1, 0.15) is 46.8 Å². The molecule has 3 aliphatic rings. The van der Waals surface area contributed by atoms with Crippen LogP contribution in [0.15, 0.2) is 83.5 Å². The number of halogens is 3. The summed E-state index contributed by atoms with van der Waals surface area (Å²) in [5.41, 5.74) is 2.78. The Balaban J connectivity index is 0.00000194. The predicted octanol–water partition coefficient (Wildman–Crippen LogP) is 6.06. The van der Waals surface area contributed by atoms with Crippen molar-refractivity contribution in [2.24, 2.45) is 11.3 Å². The molecule has 3 aliphatic heterocycles. The summed E-state index contributed by atoms with van der Waals surface area (Å²) in [6.07, 6.45) is 4.48. The lowest BCUT2D eigenvalue weighted by atomic mass is 9.76. The second-order valence-electron chi connectivity index (χ2n) is 11.4. The molecule has 218 valence electrons. The minimum absolute atomic E-state index is 0. The van der Waals surface area contributed by atoms with Crippen molar-refractivity contribution in [2.75, 3.05) is 39.3 Å². The van der Waals surface area contributed by atoms with E-state index in [4.69, 9.17) is 0 Å². The number of aromatic nitrogens is 1. The molecule has 0 bridgehead atoms. The van der Waals surface area contributed by atoms with Crippen molar-refractivity contribution in [1.82, 2.24) is 19.7 Å². The van der Waals surface area contributed by atoms with E-state index in [9.17, 15) is 9.59 Å². The van der Waals surface area contributed by atoms with Gasteiger partial charge in [-0.05, 0) is 73.7 Å². The van der Waals surface area contributed by atoms with Crippen LogP contribution in [0.25, 0.3) is 0 Å². The van der Waals surface area contributed by atoms with Crippen LogP contribution < -0.4 is 0 Å². The van der Waals surface area contributed by atoms with Gasteiger partial charge in [-0.15, -0.1) is 24.8 Å². The summed E-state index contributed by atoms with van der Waals surface area (Å²) in [6.45, 7) is 5.80. The van der Waals surface area contributed by atoms with Gasteiger partial charge in [0.1, 0.15) is 5.69 Å². The van der Waals surface area contributed by atoms with Gasteiger partial charge in [0.25, 0.3) is 5.91 Å². The molecule has 3 fully saturated rings. The monoisotopic (exact) mass is 658 g/mol. The molecule has 9 heteroatoms. The van der Waals surface area contributed by atoms with E-state index < -0.39 is 0 Å². The number of nitrogens with zero attached hydrogens (tertiary/aromatic N) is 4. The number of rotatable bonds is 6. The molecule has 2 atom stereocenters. The Bertz CT molecular complexity index is 1300. The molecule has 3 saturated heterocycles. The van der Waals surface area contributed by atoms with Gasteiger partial charge >= 0.3 is 0 Å². The number of carbonyl (C=O) groups excluding carboxylic acids is 2. The van der Waals surface area contributed by atoms with Crippen LogP contribution in [-0.4, -0.2) is 70.8 Å². The molecule has 0 aliphatic carbocycles. The van der Waals surface area contributed by atoms with Gasteiger partial charge in [-0.25, -0.2) is 0 Å². The first-order chi connectivity index (χ1) is 19.0. The molecule has 2 amide bonds. The minimum atomic E-state index is -0.207. The molecule has 3 aromatic rings. The van der Waals surface area contributed by atoms with E-state index >= 15 is 0 Å². The topological polar surface area (TPSA) is 56.8 Å². The first kappa shape index (κ1) is 31.5. The van der Waals surface area contributed by atoms with E-state index in [0.717, 1.165) is 56.5 Å². The predicted molar refractivity (Wildman–Crippen MR) is 170 cm³/mol.